The molecule has 1 N–H and O–H groups in total. The topological polar surface area (TPSA) is 66.5 Å². The zero-order chi connectivity index (χ0) is 20.9. The summed E-state index contributed by atoms with van der Waals surface area (Å²) in [6.07, 6.45) is 0. The Morgan fingerprint density at radius 2 is 1.71 bits per heavy atom. The van der Waals surface area contributed by atoms with Gasteiger partial charge < -0.3 is 5.32 Å². The van der Waals surface area contributed by atoms with Crippen LogP contribution in [0.5, 0.6) is 0 Å². The predicted octanol–water partition coefficient (Wildman–Crippen LogP) is 3.83. The summed E-state index contributed by atoms with van der Waals surface area (Å²) in [6.45, 7) is 5.14. The number of hydrogen-bond donors (Lipinski definition) is 1. The zero-order valence-electron chi connectivity index (χ0n) is 16.0. The van der Waals surface area contributed by atoms with Crippen LogP contribution in [0.2, 0.25) is 5.02 Å². The van der Waals surface area contributed by atoms with Gasteiger partial charge >= 0.3 is 0 Å². The lowest BCUT2D eigenvalue weighted by atomic mass is 10.1. The lowest BCUT2D eigenvalue weighted by Gasteiger charge is -2.24. The minimum absolute atomic E-state index is 0.133. The maximum absolute atomic E-state index is 14.2. The molecule has 0 aliphatic carbocycles. The molecule has 0 bridgehead atoms. The lowest BCUT2D eigenvalue weighted by molar-refractivity contribution is -0.122. The minimum atomic E-state index is -4.26. The van der Waals surface area contributed by atoms with Gasteiger partial charge in [-0.15, -0.1) is 0 Å². The van der Waals surface area contributed by atoms with E-state index in [0.29, 0.717) is 10.6 Å². The van der Waals surface area contributed by atoms with Gasteiger partial charge in [-0.05, 0) is 36.6 Å². The van der Waals surface area contributed by atoms with Crippen molar-refractivity contribution in [2.45, 2.75) is 38.3 Å². The predicted molar refractivity (Wildman–Crippen MR) is 108 cm³/mol. The van der Waals surface area contributed by atoms with Crippen molar-refractivity contribution in [1.29, 1.82) is 0 Å². The van der Waals surface area contributed by atoms with E-state index in [1.165, 1.54) is 18.2 Å². The second-order valence-electron chi connectivity index (χ2n) is 6.90. The van der Waals surface area contributed by atoms with Crippen LogP contribution >= 0.6 is 11.6 Å². The van der Waals surface area contributed by atoms with E-state index in [-0.39, 0.29) is 18.5 Å². The average molecular weight is 427 g/mol. The summed E-state index contributed by atoms with van der Waals surface area (Å²) in [5, 5.41) is 3.14. The van der Waals surface area contributed by atoms with Gasteiger partial charge in [0.25, 0.3) is 0 Å². The summed E-state index contributed by atoms with van der Waals surface area (Å²) in [4.78, 5) is 12.0. The maximum atomic E-state index is 14.2. The van der Waals surface area contributed by atoms with Crippen molar-refractivity contribution in [2.24, 2.45) is 5.92 Å². The number of carbonyl (C=O) groups is 1. The molecule has 2 aromatic carbocycles. The van der Waals surface area contributed by atoms with Crippen LogP contribution < -0.4 is 5.32 Å². The molecule has 1 amide bonds. The van der Waals surface area contributed by atoms with Gasteiger partial charge in [0.15, 0.2) is 0 Å². The van der Waals surface area contributed by atoms with Gasteiger partial charge in [0.05, 0.1) is 6.54 Å². The number of hydrogen-bond acceptors (Lipinski definition) is 3. The van der Waals surface area contributed by atoms with Gasteiger partial charge in [-0.25, -0.2) is 12.8 Å². The van der Waals surface area contributed by atoms with Crippen molar-refractivity contribution in [1.82, 2.24) is 9.62 Å². The van der Waals surface area contributed by atoms with E-state index in [4.69, 9.17) is 11.6 Å². The van der Waals surface area contributed by atoms with Crippen LogP contribution in [0.25, 0.3) is 0 Å². The molecule has 28 heavy (non-hydrogen) atoms. The molecule has 0 heterocycles. The summed E-state index contributed by atoms with van der Waals surface area (Å²) in [5.41, 5.74) is 0.522. The minimum Gasteiger partial charge on any atom is -0.352 e. The number of amides is 1. The zero-order valence-corrected chi connectivity index (χ0v) is 17.6. The normalized spacial score (nSPS) is 13.0. The molecule has 1 unspecified atom stereocenters. The Morgan fingerprint density at radius 1 is 1.11 bits per heavy atom. The third kappa shape index (κ3) is 5.53. The van der Waals surface area contributed by atoms with Gasteiger partial charge in [0.2, 0.25) is 15.9 Å². The Balaban J connectivity index is 2.37. The smallest absolute Gasteiger partial charge is 0.246 e. The fraction of sp³-hybridized carbons (Fsp3) is 0.350. The van der Waals surface area contributed by atoms with E-state index in [1.54, 1.807) is 24.3 Å². The number of sulfonamides is 1. The molecule has 0 saturated heterocycles. The Morgan fingerprint density at radius 3 is 2.32 bits per heavy atom. The van der Waals surface area contributed by atoms with Gasteiger partial charge in [0.1, 0.15) is 10.7 Å². The highest BCUT2D eigenvalue weighted by Gasteiger charge is 2.30. The third-order valence-corrected chi connectivity index (χ3v) is 6.66. The second-order valence-corrected chi connectivity index (χ2v) is 9.21. The van der Waals surface area contributed by atoms with Crippen LogP contribution in [0.4, 0.5) is 4.39 Å². The highest BCUT2D eigenvalue weighted by molar-refractivity contribution is 7.89. The van der Waals surface area contributed by atoms with E-state index in [1.807, 2.05) is 20.8 Å². The first-order chi connectivity index (χ1) is 13.1. The molecule has 5 nitrogen and oxygen atoms in total. The Bertz CT molecular complexity index is 935. The monoisotopic (exact) mass is 426 g/mol. The lowest BCUT2D eigenvalue weighted by Crippen LogP contribution is -2.44. The molecule has 0 radical (unpaired) electrons. The molecular formula is C20H24ClFN2O3S. The molecule has 0 saturated carbocycles. The third-order valence-electron chi connectivity index (χ3n) is 4.47. The van der Waals surface area contributed by atoms with Gasteiger partial charge in [-0.1, -0.05) is 55.8 Å². The van der Waals surface area contributed by atoms with Crippen LogP contribution in [0.15, 0.2) is 53.4 Å². The molecule has 1 atom stereocenters. The summed E-state index contributed by atoms with van der Waals surface area (Å²) in [6, 6.07) is 11.7. The van der Waals surface area contributed by atoms with Crippen molar-refractivity contribution >= 4 is 27.5 Å². The largest absolute Gasteiger partial charge is 0.352 e. The quantitative estimate of drug-likeness (QED) is 0.697. The van der Waals surface area contributed by atoms with Crippen LogP contribution in [-0.4, -0.2) is 31.2 Å². The van der Waals surface area contributed by atoms with E-state index >= 15 is 0 Å². The number of nitrogens with one attached hydrogen (secondary N) is 1. The number of halogens is 2. The highest BCUT2D eigenvalue weighted by atomic mass is 35.5. The van der Waals surface area contributed by atoms with E-state index < -0.39 is 33.2 Å². The fourth-order valence-corrected chi connectivity index (χ4v) is 4.10. The molecule has 0 aliphatic rings. The molecule has 0 fully saturated rings. The van der Waals surface area contributed by atoms with Crippen LogP contribution in [0.3, 0.4) is 0 Å². The van der Waals surface area contributed by atoms with Crippen molar-refractivity contribution in [3.63, 3.8) is 0 Å². The Hall–Kier alpha value is -1.96. The number of rotatable bonds is 8. The first-order valence-corrected chi connectivity index (χ1v) is 10.7. The van der Waals surface area contributed by atoms with Crippen LogP contribution in [0, 0.1) is 11.7 Å². The van der Waals surface area contributed by atoms with Crippen LogP contribution in [-0.2, 0) is 21.4 Å². The number of benzene rings is 2. The maximum Gasteiger partial charge on any atom is 0.246 e. The molecular weight excluding hydrogens is 403 g/mol. The Labute approximate surface area is 170 Å². The number of nitrogens with zero attached hydrogens (tertiary/aromatic N) is 1. The SMILES string of the molecule is CC(C)C(C)NC(=O)CN(Cc1ccccc1Cl)S(=O)(=O)c1ccccc1F. The fourth-order valence-electron chi connectivity index (χ4n) is 2.46. The summed E-state index contributed by atoms with van der Waals surface area (Å²) in [5.74, 6) is -1.15. The standard InChI is InChI=1S/C20H24ClFN2O3S/c1-14(2)15(3)23-20(25)13-24(12-16-8-4-5-9-17(16)21)28(26,27)19-11-7-6-10-18(19)22/h4-11,14-15H,12-13H2,1-3H3,(H,23,25). The Kier molecular flexibility index (Phi) is 7.57. The highest BCUT2D eigenvalue weighted by Crippen LogP contribution is 2.24. The van der Waals surface area contributed by atoms with E-state index in [0.717, 1.165) is 10.4 Å². The van der Waals surface area contributed by atoms with Crippen molar-refractivity contribution in [3.05, 3.63) is 64.9 Å². The molecule has 0 spiro atoms. The molecule has 0 aliphatic heterocycles. The van der Waals surface area contributed by atoms with Crippen LogP contribution in [0.1, 0.15) is 26.3 Å². The van der Waals surface area contributed by atoms with Gasteiger partial charge in [0, 0.05) is 17.6 Å². The molecule has 2 aromatic rings. The van der Waals surface area contributed by atoms with Crippen molar-refractivity contribution in [2.75, 3.05) is 6.54 Å². The molecule has 152 valence electrons. The van der Waals surface area contributed by atoms with E-state index in [9.17, 15) is 17.6 Å². The summed E-state index contributed by atoms with van der Waals surface area (Å²) >= 11 is 6.16. The molecule has 0 aromatic heterocycles. The van der Waals surface area contributed by atoms with Gasteiger partial charge in [-0.2, -0.15) is 4.31 Å². The van der Waals surface area contributed by atoms with E-state index in [2.05, 4.69) is 5.32 Å². The molecule has 8 heteroatoms. The average Bonchev–Trinajstić information content (AvgIpc) is 2.62. The summed E-state index contributed by atoms with van der Waals surface area (Å²) in [7, 11) is -4.26. The van der Waals surface area contributed by atoms with Crippen molar-refractivity contribution < 1.29 is 17.6 Å². The van der Waals surface area contributed by atoms with Gasteiger partial charge in [-0.3, -0.25) is 4.79 Å². The first kappa shape index (κ1) is 22.3. The second kappa shape index (κ2) is 9.49. The van der Waals surface area contributed by atoms with Crippen molar-refractivity contribution in [3.8, 4) is 0 Å². The first-order valence-electron chi connectivity index (χ1n) is 8.90. The number of carbonyl (C=O) groups excluding carboxylic acids is 1. The summed E-state index contributed by atoms with van der Waals surface area (Å²) < 4.78 is 41.3. The molecule has 2 rings (SSSR count).